The number of alkyl halides is 3. The van der Waals surface area contributed by atoms with E-state index in [0.717, 1.165) is 5.75 Å². The van der Waals surface area contributed by atoms with Gasteiger partial charge in [-0.3, -0.25) is 0 Å². The molecule has 0 spiro atoms. The Morgan fingerprint density at radius 2 is 1.92 bits per heavy atom. The van der Waals surface area contributed by atoms with E-state index in [1.807, 2.05) is 6.26 Å². The lowest BCUT2D eigenvalue weighted by Gasteiger charge is -2.05. The van der Waals surface area contributed by atoms with Crippen LogP contribution in [0.5, 0.6) is 0 Å². The van der Waals surface area contributed by atoms with Crippen molar-refractivity contribution in [2.24, 2.45) is 0 Å². The summed E-state index contributed by atoms with van der Waals surface area (Å²) in [7, 11) is 0. The maximum atomic E-state index is 11.6. The fourth-order valence-electron chi connectivity index (χ4n) is 0.619. The van der Waals surface area contributed by atoms with Gasteiger partial charge in [-0.1, -0.05) is 0 Å². The van der Waals surface area contributed by atoms with Gasteiger partial charge in [-0.15, -0.1) is 0 Å². The second-order valence-electron chi connectivity index (χ2n) is 2.32. The summed E-state index contributed by atoms with van der Waals surface area (Å²) in [5.74, 6) is 0.839. The highest BCUT2D eigenvalue weighted by atomic mass is 32.2. The van der Waals surface area contributed by atoms with Gasteiger partial charge < -0.3 is 4.74 Å². The van der Waals surface area contributed by atoms with Crippen LogP contribution in [-0.2, 0) is 4.74 Å². The lowest BCUT2D eigenvalue weighted by atomic mass is 10.3. The molecule has 0 fully saturated rings. The summed E-state index contributed by atoms with van der Waals surface area (Å²) in [6.45, 7) is 0.749. The van der Waals surface area contributed by atoms with E-state index in [4.69, 9.17) is 4.74 Å². The monoisotopic (exact) mass is 202 g/mol. The number of ether oxygens (including phenoxy) is 1. The Bertz CT molecular complexity index is 105. The predicted molar refractivity (Wildman–Crippen MR) is 44.5 cm³/mol. The van der Waals surface area contributed by atoms with E-state index in [0.29, 0.717) is 6.61 Å². The number of halogens is 3. The van der Waals surface area contributed by atoms with E-state index in [-0.39, 0.29) is 13.0 Å². The Morgan fingerprint density at radius 1 is 1.25 bits per heavy atom. The molecular weight excluding hydrogens is 189 g/mol. The summed E-state index contributed by atoms with van der Waals surface area (Å²) >= 11 is 1.62. The maximum absolute atomic E-state index is 11.6. The Kier molecular flexibility index (Phi) is 6.65. The highest BCUT2D eigenvalue weighted by Crippen LogP contribution is 2.20. The topological polar surface area (TPSA) is 9.23 Å². The molecule has 0 unspecified atom stereocenters. The molecule has 0 aliphatic heterocycles. The predicted octanol–water partition coefficient (Wildman–Crippen LogP) is 2.71. The summed E-state index contributed by atoms with van der Waals surface area (Å²) in [5, 5.41) is 0. The summed E-state index contributed by atoms with van der Waals surface area (Å²) in [4.78, 5) is 0. The van der Waals surface area contributed by atoms with E-state index in [1.165, 1.54) is 0 Å². The zero-order valence-corrected chi connectivity index (χ0v) is 7.80. The van der Waals surface area contributed by atoms with Crippen LogP contribution in [0.4, 0.5) is 13.2 Å². The van der Waals surface area contributed by atoms with E-state index >= 15 is 0 Å². The first-order chi connectivity index (χ1) is 5.56. The number of hydrogen-bond donors (Lipinski definition) is 0. The van der Waals surface area contributed by atoms with Crippen LogP contribution in [0.2, 0.25) is 0 Å². The van der Waals surface area contributed by atoms with Crippen molar-refractivity contribution in [3.05, 3.63) is 0 Å². The quantitative estimate of drug-likeness (QED) is 0.612. The van der Waals surface area contributed by atoms with E-state index in [2.05, 4.69) is 0 Å². The second kappa shape index (κ2) is 6.60. The van der Waals surface area contributed by atoms with Crippen LogP contribution in [0, 0.1) is 0 Å². The zero-order chi connectivity index (χ0) is 9.45. The van der Waals surface area contributed by atoms with Crippen LogP contribution in [0.15, 0.2) is 0 Å². The molecule has 5 heteroatoms. The van der Waals surface area contributed by atoms with Gasteiger partial charge in [-0.2, -0.15) is 24.9 Å². The molecule has 0 aromatic rings. The number of hydrogen-bond acceptors (Lipinski definition) is 2. The van der Waals surface area contributed by atoms with Gasteiger partial charge in [-0.25, -0.2) is 0 Å². The maximum Gasteiger partial charge on any atom is 0.389 e. The molecule has 0 radical (unpaired) electrons. The molecule has 74 valence electrons. The van der Waals surface area contributed by atoms with Crippen molar-refractivity contribution in [1.29, 1.82) is 0 Å². The Hall–Kier alpha value is 0.100. The summed E-state index contributed by atoms with van der Waals surface area (Å²) in [5.41, 5.74) is 0. The van der Waals surface area contributed by atoms with Crippen LogP contribution in [-0.4, -0.2) is 31.4 Å². The van der Waals surface area contributed by atoms with Gasteiger partial charge in [0.05, 0.1) is 6.61 Å². The highest BCUT2D eigenvalue weighted by Gasteiger charge is 2.25. The summed E-state index contributed by atoms with van der Waals surface area (Å²) < 4.78 is 39.7. The van der Waals surface area contributed by atoms with Gasteiger partial charge in [0.2, 0.25) is 0 Å². The molecule has 0 heterocycles. The molecule has 0 rings (SSSR count). The molecule has 0 aliphatic carbocycles. The third-order valence-electron chi connectivity index (χ3n) is 1.18. The van der Waals surface area contributed by atoms with Crippen LogP contribution < -0.4 is 0 Å². The van der Waals surface area contributed by atoms with Crippen LogP contribution >= 0.6 is 11.8 Å². The SMILES string of the molecule is CSCCOCCCC(F)(F)F. The minimum Gasteiger partial charge on any atom is -0.381 e. The zero-order valence-electron chi connectivity index (χ0n) is 6.99. The smallest absolute Gasteiger partial charge is 0.381 e. The molecule has 12 heavy (non-hydrogen) atoms. The van der Waals surface area contributed by atoms with Crippen molar-refractivity contribution < 1.29 is 17.9 Å². The van der Waals surface area contributed by atoms with Crippen molar-refractivity contribution in [2.45, 2.75) is 19.0 Å². The lowest BCUT2D eigenvalue weighted by molar-refractivity contribution is -0.137. The average Bonchev–Trinajstić information content (AvgIpc) is 1.94. The molecule has 0 saturated carbocycles. The Morgan fingerprint density at radius 3 is 2.42 bits per heavy atom. The van der Waals surface area contributed by atoms with E-state index in [9.17, 15) is 13.2 Å². The van der Waals surface area contributed by atoms with E-state index in [1.54, 1.807) is 11.8 Å². The minimum absolute atomic E-state index is 0.0673. The molecule has 0 aromatic carbocycles. The molecule has 0 N–H and O–H groups in total. The standard InChI is InChI=1S/C7H13F3OS/c1-12-6-5-11-4-2-3-7(8,9)10/h2-6H2,1H3. The molecule has 0 aromatic heterocycles. The van der Waals surface area contributed by atoms with Gasteiger partial charge >= 0.3 is 6.18 Å². The van der Waals surface area contributed by atoms with Gasteiger partial charge in [0.1, 0.15) is 0 Å². The average molecular weight is 202 g/mol. The largest absolute Gasteiger partial charge is 0.389 e. The Balaban J connectivity index is 3.01. The van der Waals surface area contributed by atoms with Crippen molar-refractivity contribution in [3.63, 3.8) is 0 Å². The van der Waals surface area contributed by atoms with Crippen molar-refractivity contribution in [2.75, 3.05) is 25.2 Å². The first-order valence-corrected chi connectivity index (χ1v) is 5.09. The first kappa shape index (κ1) is 12.1. The molecule has 0 saturated heterocycles. The summed E-state index contributed by atoms with van der Waals surface area (Å²) in [6, 6.07) is 0. The van der Waals surface area contributed by atoms with Gasteiger partial charge in [0, 0.05) is 18.8 Å². The first-order valence-electron chi connectivity index (χ1n) is 3.69. The van der Waals surface area contributed by atoms with Crippen LogP contribution in [0.1, 0.15) is 12.8 Å². The highest BCUT2D eigenvalue weighted by molar-refractivity contribution is 7.98. The van der Waals surface area contributed by atoms with Crippen LogP contribution in [0.25, 0.3) is 0 Å². The molecule has 1 nitrogen and oxygen atoms in total. The lowest BCUT2D eigenvalue weighted by Crippen LogP contribution is -2.09. The van der Waals surface area contributed by atoms with Gasteiger partial charge in [0.15, 0.2) is 0 Å². The summed E-state index contributed by atoms with van der Waals surface area (Å²) in [6.07, 6.45) is -2.79. The molecule has 0 bridgehead atoms. The molecule has 0 atom stereocenters. The molecule has 0 aliphatic rings. The third-order valence-corrected chi connectivity index (χ3v) is 1.76. The Labute approximate surface area is 74.7 Å². The van der Waals surface area contributed by atoms with Gasteiger partial charge in [-0.05, 0) is 12.7 Å². The van der Waals surface area contributed by atoms with Crippen molar-refractivity contribution >= 4 is 11.8 Å². The molecular formula is C7H13F3OS. The van der Waals surface area contributed by atoms with Gasteiger partial charge in [0.25, 0.3) is 0 Å². The number of rotatable bonds is 6. The fourth-order valence-corrected chi connectivity index (χ4v) is 0.904. The fraction of sp³-hybridized carbons (Fsp3) is 1.00. The minimum atomic E-state index is -4.04. The normalized spacial score (nSPS) is 12.0. The van der Waals surface area contributed by atoms with Crippen LogP contribution in [0.3, 0.4) is 0 Å². The number of thioether (sulfide) groups is 1. The van der Waals surface area contributed by atoms with Crippen molar-refractivity contribution in [3.8, 4) is 0 Å². The van der Waals surface area contributed by atoms with E-state index < -0.39 is 12.6 Å². The second-order valence-corrected chi connectivity index (χ2v) is 3.31. The third kappa shape index (κ3) is 10.1. The molecule has 0 amide bonds. The van der Waals surface area contributed by atoms with Crippen molar-refractivity contribution in [1.82, 2.24) is 0 Å².